The molecule has 1 aromatic heterocycles. The average Bonchev–Trinajstić information content (AvgIpc) is 2.81. The van der Waals surface area contributed by atoms with E-state index in [1.165, 1.54) is 5.56 Å². The van der Waals surface area contributed by atoms with Gasteiger partial charge in [0.1, 0.15) is 10.0 Å². The molecule has 2 aromatic rings. The van der Waals surface area contributed by atoms with Crippen molar-refractivity contribution in [1.82, 2.24) is 15.5 Å². The number of hydrogen-bond donors (Lipinski definition) is 1. The summed E-state index contributed by atoms with van der Waals surface area (Å²) in [7, 11) is 1.96. The minimum atomic E-state index is 0.738. The van der Waals surface area contributed by atoms with Crippen LogP contribution in [0.15, 0.2) is 18.2 Å². The minimum Gasteiger partial charge on any atom is -0.320 e. The summed E-state index contributed by atoms with van der Waals surface area (Å²) < 4.78 is 0. The van der Waals surface area contributed by atoms with Crippen LogP contribution in [0.1, 0.15) is 17.0 Å². The molecule has 0 aliphatic rings. The second-order valence-corrected chi connectivity index (χ2v) is 5.67. The van der Waals surface area contributed by atoms with Crippen molar-refractivity contribution < 1.29 is 0 Å². The van der Waals surface area contributed by atoms with Crippen molar-refractivity contribution in [1.29, 1.82) is 0 Å². The highest BCUT2D eigenvalue weighted by atomic mass is 35.5. The predicted molar refractivity (Wildman–Crippen MR) is 77.3 cm³/mol. The van der Waals surface area contributed by atoms with Gasteiger partial charge in [-0.05, 0) is 44.6 Å². The van der Waals surface area contributed by atoms with Gasteiger partial charge >= 0.3 is 0 Å². The third-order valence-electron chi connectivity index (χ3n) is 2.71. The standard InChI is InChI=1S/C13H16ClN3S/c1-9-5-6-10(14)8-11(9)13-17-16-12(18-13)4-3-7-15-2/h5-6,8,15H,3-4,7H2,1-2H3. The van der Waals surface area contributed by atoms with E-state index >= 15 is 0 Å². The van der Waals surface area contributed by atoms with Gasteiger partial charge in [-0.1, -0.05) is 29.0 Å². The third-order valence-corrected chi connectivity index (χ3v) is 3.97. The molecule has 0 amide bonds. The Labute approximate surface area is 116 Å². The molecule has 96 valence electrons. The summed E-state index contributed by atoms with van der Waals surface area (Å²) in [4.78, 5) is 0. The molecule has 0 unspecified atom stereocenters. The maximum Gasteiger partial charge on any atom is 0.148 e. The summed E-state index contributed by atoms with van der Waals surface area (Å²) in [6.07, 6.45) is 2.05. The molecule has 18 heavy (non-hydrogen) atoms. The van der Waals surface area contributed by atoms with Crippen LogP contribution in [-0.2, 0) is 6.42 Å². The molecule has 0 saturated heterocycles. The number of aromatic nitrogens is 2. The second-order valence-electron chi connectivity index (χ2n) is 4.17. The number of hydrogen-bond acceptors (Lipinski definition) is 4. The molecule has 0 saturated carbocycles. The van der Waals surface area contributed by atoms with Crippen molar-refractivity contribution in [3.05, 3.63) is 33.8 Å². The van der Waals surface area contributed by atoms with Crippen LogP contribution < -0.4 is 5.32 Å². The van der Waals surface area contributed by atoms with Crippen molar-refractivity contribution >= 4 is 22.9 Å². The van der Waals surface area contributed by atoms with Crippen molar-refractivity contribution in [2.24, 2.45) is 0 Å². The highest BCUT2D eigenvalue weighted by Crippen LogP contribution is 2.29. The highest BCUT2D eigenvalue weighted by Gasteiger charge is 2.09. The van der Waals surface area contributed by atoms with Crippen LogP contribution >= 0.6 is 22.9 Å². The Morgan fingerprint density at radius 1 is 1.33 bits per heavy atom. The van der Waals surface area contributed by atoms with Crippen molar-refractivity contribution in [2.75, 3.05) is 13.6 Å². The van der Waals surface area contributed by atoms with Gasteiger partial charge in [-0.2, -0.15) is 0 Å². The van der Waals surface area contributed by atoms with E-state index in [9.17, 15) is 0 Å². The van der Waals surface area contributed by atoms with E-state index in [0.717, 1.165) is 40.0 Å². The molecule has 1 N–H and O–H groups in total. The van der Waals surface area contributed by atoms with Crippen LogP contribution in [0.5, 0.6) is 0 Å². The molecular weight excluding hydrogens is 266 g/mol. The molecule has 2 rings (SSSR count). The minimum absolute atomic E-state index is 0.738. The summed E-state index contributed by atoms with van der Waals surface area (Å²) in [6.45, 7) is 3.07. The molecule has 0 radical (unpaired) electrons. The predicted octanol–water partition coefficient (Wildman–Crippen LogP) is 3.32. The first kappa shape index (κ1) is 13.5. The van der Waals surface area contributed by atoms with E-state index in [1.807, 2.05) is 25.2 Å². The van der Waals surface area contributed by atoms with Gasteiger partial charge in [0.2, 0.25) is 0 Å². The first-order valence-corrected chi connectivity index (χ1v) is 7.13. The number of aryl methyl sites for hydroxylation is 2. The maximum atomic E-state index is 6.02. The van der Waals surface area contributed by atoms with E-state index in [0.29, 0.717) is 0 Å². The topological polar surface area (TPSA) is 37.8 Å². The zero-order chi connectivity index (χ0) is 13.0. The van der Waals surface area contributed by atoms with Gasteiger partial charge in [0.15, 0.2) is 0 Å². The third kappa shape index (κ3) is 3.28. The maximum absolute atomic E-state index is 6.02. The number of rotatable bonds is 5. The van der Waals surface area contributed by atoms with Gasteiger partial charge < -0.3 is 5.32 Å². The van der Waals surface area contributed by atoms with Gasteiger partial charge in [0.05, 0.1) is 0 Å². The van der Waals surface area contributed by atoms with Crippen LogP contribution in [0, 0.1) is 6.92 Å². The van der Waals surface area contributed by atoms with Gasteiger partial charge in [-0.3, -0.25) is 0 Å². The summed E-state index contributed by atoms with van der Waals surface area (Å²) in [5.74, 6) is 0. The fourth-order valence-electron chi connectivity index (χ4n) is 1.70. The highest BCUT2D eigenvalue weighted by molar-refractivity contribution is 7.14. The van der Waals surface area contributed by atoms with Crippen molar-refractivity contribution in [3.63, 3.8) is 0 Å². The van der Waals surface area contributed by atoms with Crippen LogP contribution in [-0.4, -0.2) is 23.8 Å². The first-order chi connectivity index (χ1) is 8.70. The van der Waals surface area contributed by atoms with Gasteiger partial charge in [0.25, 0.3) is 0 Å². The van der Waals surface area contributed by atoms with Crippen molar-refractivity contribution in [2.45, 2.75) is 19.8 Å². The zero-order valence-corrected chi connectivity index (χ0v) is 12.1. The molecule has 1 aromatic carbocycles. The van der Waals surface area contributed by atoms with Crippen LogP contribution in [0.3, 0.4) is 0 Å². The fourth-order valence-corrected chi connectivity index (χ4v) is 2.84. The van der Waals surface area contributed by atoms with E-state index in [4.69, 9.17) is 11.6 Å². The lowest BCUT2D eigenvalue weighted by Crippen LogP contribution is -2.08. The van der Waals surface area contributed by atoms with Crippen LogP contribution in [0.2, 0.25) is 5.02 Å². The molecule has 5 heteroatoms. The SMILES string of the molecule is CNCCCc1nnc(-c2cc(Cl)ccc2C)s1. The van der Waals surface area contributed by atoms with Crippen LogP contribution in [0.4, 0.5) is 0 Å². The van der Waals surface area contributed by atoms with E-state index < -0.39 is 0 Å². The summed E-state index contributed by atoms with van der Waals surface area (Å²) in [5, 5.41) is 14.4. The fraction of sp³-hybridized carbons (Fsp3) is 0.385. The first-order valence-electron chi connectivity index (χ1n) is 5.94. The zero-order valence-electron chi connectivity index (χ0n) is 10.5. The molecule has 0 aliphatic heterocycles. The Morgan fingerprint density at radius 2 is 2.17 bits per heavy atom. The molecule has 0 aliphatic carbocycles. The normalized spacial score (nSPS) is 10.8. The number of halogens is 1. The average molecular weight is 282 g/mol. The Balaban J connectivity index is 2.16. The second kappa shape index (κ2) is 6.27. The molecule has 0 atom stereocenters. The van der Waals surface area contributed by atoms with Gasteiger partial charge in [-0.25, -0.2) is 0 Å². The molecular formula is C13H16ClN3S. The lowest BCUT2D eigenvalue weighted by atomic mass is 10.1. The molecule has 3 nitrogen and oxygen atoms in total. The number of nitrogens with one attached hydrogen (secondary N) is 1. The Kier molecular flexibility index (Phi) is 4.69. The largest absolute Gasteiger partial charge is 0.320 e. The Morgan fingerprint density at radius 3 is 2.94 bits per heavy atom. The van der Waals surface area contributed by atoms with E-state index in [-0.39, 0.29) is 0 Å². The Hall–Kier alpha value is -0.970. The lowest BCUT2D eigenvalue weighted by Gasteiger charge is -2.01. The van der Waals surface area contributed by atoms with Crippen LogP contribution in [0.25, 0.3) is 10.6 Å². The smallest absolute Gasteiger partial charge is 0.148 e. The molecule has 1 heterocycles. The summed E-state index contributed by atoms with van der Waals surface area (Å²) in [5.41, 5.74) is 2.26. The molecule has 0 fully saturated rings. The number of nitrogens with zero attached hydrogens (tertiary/aromatic N) is 2. The van der Waals surface area contributed by atoms with Gasteiger partial charge in [-0.15, -0.1) is 10.2 Å². The lowest BCUT2D eigenvalue weighted by molar-refractivity contribution is 0.718. The summed E-state index contributed by atoms with van der Waals surface area (Å²) in [6, 6.07) is 5.86. The van der Waals surface area contributed by atoms with Gasteiger partial charge in [0, 0.05) is 17.0 Å². The number of benzene rings is 1. The summed E-state index contributed by atoms with van der Waals surface area (Å²) >= 11 is 7.67. The quantitative estimate of drug-likeness (QED) is 0.855. The molecule has 0 bridgehead atoms. The van der Waals surface area contributed by atoms with E-state index in [1.54, 1.807) is 11.3 Å². The van der Waals surface area contributed by atoms with Crippen molar-refractivity contribution in [3.8, 4) is 10.6 Å². The Bertz CT molecular complexity index is 525. The monoisotopic (exact) mass is 281 g/mol. The molecule has 0 spiro atoms. The van der Waals surface area contributed by atoms with E-state index in [2.05, 4.69) is 22.4 Å².